The second-order valence-corrected chi connectivity index (χ2v) is 3.93. The molecule has 3 nitrogen and oxygen atoms in total. The fourth-order valence-corrected chi connectivity index (χ4v) is 2.00. The van der Waals surface area contributed by atoms with Crippen LogP contribution in [0.25, 0.3) is 0 Å². The van der Waals surface area contributed by atoms with Crippen molar-refractivity contribution in [3.05, 3.63) is 0 Å². The molecule has 0 heterocycles. The van der Waals surface area contributed by atoms with Crippen LogP contribution in [0.4, 0.5) is 0 Å². The third-order valence-corrected chi connectivity index (χ3v) is 2.71. The first-order valence-electron chi connectivity index (χ1n) is 5.00. The van der Waals surface area contributed by atoms with Crippen molar-refractivity contribution in [3.8, 4) is 0 Å². The number of hydrogen-bond acceptors (Lipinski definition) is 3. The zero-order valence-electron chi connectivity index (χ0n) is 8.96. The Labute approximate surface area is 100 Å². The highest BCUT2D eigenvalue weighted by Gasteiger charge is 2.33. The Morgan fingerprint density at radius 3 is 2.27 bits per heavy atom. The summed E-state index contributed by atoms with van der Waals surface area (Å²) in [6, 6.07) is 0. The van der Waals surface area contributed by atoms with Crippen molar-refractivity contribution < 1.29 is 14.3 Å². The number of hydrogen-bond donors (Lipinski definition) is 0. The van der Waals surface area contributed by atoms with E-state index < -0.39 is 17.1 Å². The van der Waals surface area contributed by atoms with E-state index in [1.165, 1.54) is 0 Å². The number of carbonyl (C=O) groups excluding carboxylic acids is 2. The molecule has 0 aromatic heterocycles. The van der Waals surface area contributed by atoms with Crippen molar-refractivity contribution in [3.63, 3.8) is 0 Å². The van der Waals surface area contributed by atoms with Crippen LogP contribution in [0.2, 0.25) is 0 Å². The highest BCUT2D eigenvalue weighted by Crippen LogP contribution is 2.24. The van der Waals surface area contributed by atoms with Crippen molar-refractivity contribution in [1.29, 1.82) is 0 Å². The Bertz CT molecular complexity index is 219. The molecule has 5 heteroatoms. The third kappa shape index (κ3) is 4.85. The second kappa shape index (κ2) is 7.94. The first kappa shape index (κ1) is 14.7. The number of halogens is 2. The number of ether oxygens (including phenoxy) is 1. The molecule has 88 valence electrons. The first-order chi connectivity index (χ1) is 7.08. The van der Waals surface area contributed by atoms with Crippen LogP contribution in [0.3, 0.4) is 0 Å². The Balaban J connectivity index is 4.61. The lowest BCUT2D eigenvalue weighted by atomic mass is 9.89. The topological polar surface area (TPSA) is 43.4 Å². The van der Waals surface area contributed by atoms with E-state index in [9.17, 15) is 9.59 Å². The Morgan fingerprint density at radius 1 is 1.33 bits per heavy atom. The molecule has 15 heavy (non-hydrogen) atoms. The molecule has 2 unspecified atom stereocenters. The van der Waals surface area contributed by atoms with E-state index in [1.54, 1.807) is 6.92 Å². The lowest BCUT2D eigenvalue weighted by molar-refractivity contribution is -0.152. The maximum atomic E-state index is 11.5. The van der Waals surface area contributed by atoms with Gasteiger partial charge in [-0.25, -0.2) is 0 Å². The molecule has 0 aliphatic rings. The molecule has 0 saturated carbocycles. The molecule has 0 fully saturated rings. The summed E-state index contributed by atoms with van der Waals surface area (Å²) in [5.74, 6) is -1.16. The van der Waals surface area contributed by atoms with Crippen molar-refractivity contribution in [2.24, 2.45) is 11.8 Å². The van der Waals surface area contributed by atoms with Crippen molar-refractivity contribution in [2.75, 3.05) is 12.5 Å². The van der Waals surface area contributed by atoms with Crippen LogP contribution in [0.15, 0.2) is 0 Å². The van der Waals surface area contributed by atoms with Crippen molar-refractivity contribution >= 4 is 34.4 Å². The molecule has 0 bridgehead atoms. The van der Waals surface area contributed by atoms with Gasteiger partial charge in [-0.2, -0.15) is 0 Å². The van der Waals surface area contributed by atoms with E-state index in [-0.39, 0.29) is 12.5 Å². The van der Waals surface area contributed by atoms with Gasteiger partial charge in [0.2, 0.25) is 5.24 Å². The Morgan fingerprint density at radius 2 is 1.93 bits per heavy atom. The summed E-state index contributed by atoms with van der Waals surface area (Å²) in [4.78, 5) is 22.6. The molecule has 0 spiro atoms. The van der Waals surface area contributed by atoms with Gasteiger partial charge in [0.05, 0.1) is 6.61 Å². The summed E-state index contributed by atoms with van der Waals surface area (Å²) in [7, 11) is 0. The van der Waals surface area contributed by atoms with Crippen LogP contribution >= 0.6 is 23.2 Å². The molecule has 0 saturated heterocycles. The minimum Gasteiger partial charge on any atom is -0.465 e. The highest BCUT2D eigenvalue weighted by molar-refractivity contribution is 6.65. The monoisotopic (exact) mass is 254 g/mol. The SMILES string of the molecule is CCOC(=O)C(C(=O)Cl)C(CC)CCCl. The lowest BCUT2D eigenvalue weighted by Crippen LogP contribution is -2.30. The quantitative estimate of drug-likeness (QED) is 0.304. The smallest absolute Gasteiger partial charge is 0.318 e. The average molecular weight is 255 g/mol. The molecule has 0 aliphatic carbocycles. The summed E-state index contributed by atoms with van der Waals surface area (Å²) >= 11 is 11.0. The zero-order chi connectivity index (χ0) is 11.8. The van der Waals surface area contributed by atoms with Gasteiger partial charge in [0, 0.05) is 5.88 Å². The van der Waals surface area contributed by atoms with E-state index in [2.05, 4.69) is 0 Å². The molecule has 0 N–H and O–H groups in total. The van der Waals surface area contributed by atoms with E-state index in [4.69, 9.17) is 27.9 Å². The molecular weight excluding hydrogens is 239 g/mol. The molecule has 2 atom stereocenters. The van der Waals surface area contributed by atoms with E-state index in [1.807, 2.05) is 6.92 Å². The summed E-state index contributed by atoms with van der Waals surface area (Å²) in [5, 5.41) is -0.662. The van der Waals surface area contributed by atoms with E-state index >= 15 is 0 Å². The number of rotatable bonds is 7. The largest absolute Gasteiger partial charge is 0.465 e. The van der Waals surface area contributed by atoms with Crippen LogP contribution < -0.4 is 0 Å². The summed E-state index contributed by atoms with van der Waals surface area (Å²) in [5.41, 5.74) is 0. The fourth-order valence-electron chi connectivity index (χ4n) is 1.45. The number of carbonyl (C=O) groups is 2. The average Bonchev–Trinajstić information content (AvgIpc) is 2.16. The predicted molar refractivity (Wildman–Crippen MR) is 60.1 cm³/mol. The molecule has 0 aromatic rings. The van der Waals surface area contributed by atoms with Crippen molar-refractivity contribution in [2.45, 2.75) is 26.7 Å². The molecule has 0 radical (unpaired) electrons. The van der Waals surface area contributed by atoms with E-state index in [0.717, 1.165) is 0 Å². The van der Waals surface area contributed by atoms with Crippen molar-refractivity contribution in [1.82, 2.24) is 0 Å². The lowest BCUT2D eigenvalue weighted by Gasteiger charge is -2.20. The molecule has 0 rings (SSSR count). The second-order valence-electron chi connectivity index (χ2n) is 3.18. The van der Waals surface area contributed by atoms with Gasteiger partial charge in [0.1, 0.15) is 5.92 Å². The Hall–Kier alpha value is -0.280. The van der Waals surface area contributed by atoms with Gasteiger partial charge in [-0.3, -0.25) is 9.59 Å². The zero-order valence-corrected chi connectivity index (χ0v) is 10.5. The number of alkyl halides is 1. The number of esters is 1. The third-order valence-electron chi connectivity index (χ3n) is 2.26. The summed E-state index contributed by atoms with van der Waals surface area (Å²) in [6.45, 7) is 3.83. The predicted octanol–water partition coefficient (Wildman–Crippen LogP) is 2.59. The summed E-state index contributed by atoms with van der Waals surface area (Å²) < 4.78 is 4.81. The molecular formula is C10H16Cl2O3. The van der Waals surface area contributed by atoms with Crippen LogP contribution in [0.1, 0.15) is 26.7 Å². The minimum absolute atomic E-state index is 0.133. The van der Waals surface area contributed by atoms with Crippen LogP contribution in [-0.4, -0.2) is 23.7 Å². The fraction of sp³-hybridized carbons (Fsp3) is 0.800. The van der Waals surface area contributed by atoms with Crippen LogP contribution in [-0.2, 0) is 14.3 Å². The normalized spacial score (nSPS) is 14.4. The molecule has 0 amide bonds. The van der Waals surface area contributed by atoms with Gasteiger partial charge in [-0.15, -0.1) is 11.6 Å². The van der Waals surface area contributed by atoms with Gasteiger partial charge in [-0.05, 0) is 30.9 Å². The standard InChI is InChI=1S/C10H16Cl2O3/c1-3-7(5-6-11)8(9(12)13)10(14)15-4-2/h7-8H,3-6H2,1-2H3. The maximum absolute atomic E-state index is 11.5. The van der Waals surface area contributed by atoms with Gasteiger partial charge in [-0.1, -0.05) is 13.3 Å². The molecule has 0 aromatic carbocycles. The van der Waals surface area contributed by atoms with Crippen LogP contribution in [0, 0.1) is 11.8 Å². The highest BCUT2D eigenvalue weighted by atomic mass is 35.5. The van der Waals surface area contributed by atoms with E-state index in [0.29, 0.717) is 18.7 Å². The van der Waals surface area contributed by atoms with Gasteiger partial charge in [0.25, 0.3) is 0 Å². The Kier molecular flexibility index (Phi) is 7.79. The molecule has 0 aliphatic heterocycles. The van der Waals surface area contributed by atoms with Gasteiger partial charge < -0.3 is 4.74 Å². The van der Waals surface area contributed by atoms with Gasteiger partial charge in [0.15, 0.2) is 0 Å². The van der Waals surface area contributed by atoms with Crippen LogP contribution in [0.5, 0.6) is 0 Å². The van der Waals surface area contributed by atoms with Gasteiger partial charge >= 0.3 is 5.97 Å². The maximum Gasteiger partial charge on any atom is 0.318 e. The summed E-state index contributed by atoms with van der Waals surface area (Å²) in [6.07, 6.45) is 1.26. The first-order valence-corrected chi connectivity index (χ1v) is 5.91. The minimum atomic E-state index is -0.879.